The lowest BCUT2D eigenvalue weighted by Gasteiger charge is -2.36. The number of quaternary nitrogens is 1. The van der Waals surface area contributed by atoms with Gasteiger partial charge in [0.1, 0.15) is 0 Å². The van der Waals surface area contributed by atoms with E-state index in [0.717, 1.165) is 30.5 Å². The van der Waals surface area contributed by atoms with E-state index in [4.69, 9.17) is 10.3 Å². The molecule has 0 atom stereocenters. The summed E-state index contributed by atoms with van der Waals surface area (Å²) < 4.78 is 31.1. The van der Waals surface area contributed by atoms with E-state index in [0.29, 0.717) is 18.5 Å². The van der Waals surface area contributed by atoms with Gasteiger partial charge >= 0.3 is 0 Å². The molecular formula is C13H27N2O4S+. The van der Waals surface area contributed by atoms with Crippen molar-refractivity contribution in [1.29, 1.82) is 0 Å². The Balaban J connectivity index is 4.53. The Labute approximate surface area is 122 Å². The number of carbonyl (C=O) groups is 1. The van der Waals surface area contributed by atoms with Gasteiger partial charge in [-0.1, -0.05) is 6.08 Å². The second kappa shape index (κ2) is 8.39. The summed E-state index contributed by atoms with van der Waals surface area (Å²) in [5.74, 6) is -0.620. The van der Waals surface area contributed by atoms with Crippen LogP contribution in [0.2, 0.25) is 0 Å². The molecule has 0 unspecified atom stereocenters. The average molecular weight is 307 g/mol. The first kappa shape index (κ1) is 19.1. The van der Waals surface area contributed by atoms with Gasteiger partial charge in [-0.05, 0) is 20.8 Å². The van der Waals surface area contributed by atoms with Crippen LogP contribution in [-0.4, -0.2) is 55.3 Å². The largest absolute Gasteiger partial charge is 0.366 e. The van der Waals surface area contributed by atoms with Crippen LogP contribution in [0, 0.1) is 0 Å². The molecular weight excluding hydrogens is 280 g/mol. The van der Waals surface area contributed by atoms with E-state index in [-0.39, 0.29) is 5.75 Å². The van der Waals surface area contributed by atoms with Crippen LogP contribution >= 0.6 is 0 Å². The lowest BCUT2D eigenvalue weighted by atomic mass is 10.2. The van der Waals surface area contributed by atoms with Crippen molar-refractivity contribution >= 4 is 16.0 Å². The van der Waals surface area contributed by atoms with Crippen molar-refractivity contribution in [2.24, 2.45) is 5.73 Å². The van der Waals surface area contributed by atoms with Crippen molar-refractivity contribution in [3.63, 3.8) is 0 Å². The number of carbonyl (C=O) groups excluding carboxylic acids is 1. The highest BCUT2D eigenvalue weighted by molar-refractivity contribution is 7.85. The monoisotopic (exact) mass is 307 g/mol. The van der Waals surface area contributed by atoms with Crippen LogP contribution in [0.3, 0.4) is 0 Å². The maximum Gasteiger partial charge on any atom is 0.265 e. The number of nitrogens with two attached hydrogens (primary N) is 1. The molecule has 7 heteroatoms. The summed E-state index contributed by atoms with van der Waals surface area (Å²) in [5.41, 5.74) is 5.72. The Hall–Kier alpha value is -0.920. The van der Waals surface area contributed by atoms with Crippen LogP contribution in [0.25, 0.3) is 0 Å². The zero-order valence-electron chi connectivity index (χ0n) is 12.6. The van der Waals surface area contributed by atoms with Gasteiger partial charge in [-0.3, -0.25) is 9.35 Å². The standard InChI is InChI=1S/C13H26N2O4S/c1-4-15(5-2,10-7-11-20(17,18)19)9-6-8-12(3)13(14)16/h8H,4-7,9-11H2,1-3H3,(H2-,14,16,17,18,19)/p+1. The molecule has 0 fully saturated rings. The van der Waals surface area contributed by atoms with Gasteiger partial charge in [0.2, 0.25) is 5.91 Å². The van der Waals surface area contributed by atoms with E-state index in [1.807, 2.05) is 6.08 Å². The highest BCUT2D eigenvalue weighted by Gasteiger charge is 2.22. The van der Waals surface area contributed by atoms with E-state index in [2.05, 4.69) is 13.8 Å². The summed E-state index contributed by atoms with van der Waals surface area (Å²) in [6.07, 6.45) is 2.98. The van der Waals surface area contributed by atoms with E-state index < -0.39 is 16.0 Å². The topological polar surface area (TPSA) is 97.5 Å². The summed E-state index contributed by atoms with van der Waals surface area (Å²) in [7, 11) is -3.89. The maximum absolute atomic E-state index is 10.9. The highest BCUT2D eigenvalue weighted by atomic mass is 32.2. The van der Waals surface area contributed by atoms with Gasteiger partial charge in [-0.15, -0.1) is 0 Å². The molecule has 3 N–H and O–H groups in total. The minimum atomic E-state index is -3.89. The lowest BCUT2D eigenvalue weighted by molar-refractivity contribution is -0.924. The first-order chi connectivity index (χ1) is 9.16. The Morgan fingerprint density at radius 2 is 1.80 bits per heavy atom. The molecule has 0 heterocycles. The third-order valence-corrected chi connectivity index (χ3v) is 4.62. The highest BCUT2D eigenvalue weighted by Crippen LogP contribution is 2.11. The smallest absolute Gasteiger partial charge is 0.265 e. The number of primary amides is 1. The minimum absolute atomic E-state index is 0.205. The third kappa shape index (κ3) is 7.62. The molecule has 0 aromatic rings. The van der Waals surface area contributed by atoms with Crippen molar-refractivity contribution in [3.8, 4) is 0 Å². The number of amides is 1. The molecule has 0 rings (SSSR count). The minimum Gasteiger partial charge on any atom is -0.366 e. The molecule has 6 nitrogen and oxygen atoms in total. The van der Waals surface area contributed by atoms with Crippen molar-refractivity contribution in [3.05, 3.63) is 11.6 Å². The van der Waals surface area contributed by atoms with Gasteiger partial charge < -0.3 is 10.2 Å². The predicted octanol–water partition coefficient (Wildman–Crippen LogP) is 0.943. The van der Waals surface area contributed by atoms with Gasteiger partial charge in [0.05, 0.1) is 31.9 Å². The molecule has 0 saturated carbocycles. The van der Waals surface area contributed by atoms with Crippen LogP contribution < -0.4 is 5.73 Å². The molecule has 0 aliphatic heterocycles. The fourth-order valence-electron chi connectivity index (χ4n) is 2.21. The summed E-state index contributed by atoms with van der Waals surface area (Å²) in [4.78, 5) is 10.9. The van der Waals surface area contributed by atoms with Crippen molar-refractivity contribution in [1.82, 2.24) is 0 Å². The van der Waals surface area contributed by atoms with Crippen LogP contribution in [0.15, 0.2) is 11.6 Å². The zero-order chi connectivity index (χ0) is 15.8. The Kier molecular flexibility index (Phi) is 8.00. The maximum atomic E-state index is 10.9. The third-order valence-electron chi connectivity index (χ3n) is 3.82. The van der Waals surface area contributed by atoms with Crippen LogP contribution in [0.4, 0.5) is 0 Å². The van der Waals surface area contributed by atoms with Crippen molar-refractivity contribution in [2.45, 2.75) is 33.6 Å². The number of rotatable bonds is 10. The molecule has 20 heavy (non-hydrogen) atoms. The summed E-state index contributed by atoms with van der Waals surface area (Å²) in [6.45, 7) is 9.08. The number of hydrogen-bond donors (Lipinski definition) is 2. The second-order valence-electron chi connectivity index (χ2n) is 5.10. The first-order valence-corrected chi connectivity index (χ1v) is 8.53. The zero-order valence-corrected chi connectivity index (χ0v) is 13.4. The van der Waals surface area contributed by atoms with Crippen LogP contribution in [0.5, 0.6) is 0 Å². The number of nitrogens with zero attached hydrogens (tertiary/aromatic N) is 1. The van der Waals surface area contributed by atoms with E-state index >= 15 is 0 Å². The van der Waals surface area contributed by atoms with Gasteiger partial charge in [0, 0.05) is 18.4 Å². The Morgan fingerprint density at radius 1 is 1.25 bits per heavy atom. The number of hydrogen-bond acceptors (Lipinski definition) is 3. The summed E-state index contributed by atoms with van der Waals surface area (Å²) >= 11 is 0. The Bertz CT molecular complexity index is 439. The van der Waals surface area contributed by atoms with Gasteiger partial charge in [0.25, 0.3) is 10.1 Å². The van der Waals surface area contributed by atoms with Gasteiger partial charge in [-0.2, -0.15) is 8.42 Å². The predicted molar refractivity (Wildman–Crippen MR) is 79.7 cm³/mol. The summed E-state index contributed by atoms with van der Waals surface area (Å²) in [6, 6.07) is 0. The van der Waals surface area contributed by atoms with Crippen LogP contribution in [0.1, 0.15) is 33.6 Å². The molecule has 0 aliphatic carbocycles. The van der Waals surface area contributed by atoms with Crippen molar-refractivity contribution in [2.75, 3.05) is 31.9 Å². The molecule has 0 saturated heterocycles. The second-order valence-corrected chi connectivity index (χ2v) is 6.67. The molecule has 0 aliphatic rings. The normalized spacial score (nSPS) is 13.5. The Morgan fingerprint density at radius 3 is 2.20 bits per heavy atom. The van der Waals surface area contributed by atoms with E-state index in [9.17, 15) is 13.2 Å². The van der Waals surface area contributed by atoms with Gasteiger partial charge in [0.15, 0.2) is 0 Å². The quantitative estimate of drug-likeness (QED) is 0.356. The average Bonchev–Trinajstić information content (AvgIpc) is 2.35. The lowest BCUT2D eigenvalue weighted by Crippen LogP contribution is -2.49. The molecule has 0 radical (unpaired) electrons. The summed E-state index contributed by atoms with van der Waals surface area (Å²) in [5, 5.41) is 0. The SMILES string of the molecule is CC[N+](CC)(CCC=C(C)C(N)=O)CCCS(=O)(=O)O. The van der Waals surface area contributed by atoms with Gasteiger partial charge in [-0.25, -0.2) is 0 Å². The fourth-order valence-corrected chi connectivity index (χ4v) is 2.70. The molecule has 1 amide bonds. The van der Waals surface area contributed by atoms with Crippen molar-refractivity contribution < 1.29 is 22.2 Å². The molecule has 0 spiro atoms. The molecule has 0 aromatic heterocycles. The first-order valence-electron chi connectivity index (χ1n) is 6.92. The molecule has 0 aromatic carbocycles. The van der Waals surface area contributed by atoms with E-state index in [1.54, 1.807) is 6.92 Å². The molecule has 118 valence electrons. The molecule has 0 bridgehead atoms. The van der Waals surface area contributed by atoms with E-state index in [1.165, 1.54) is 0 Å². The fraction of sp³-hybridized carbons (Fsp3) is 0.769. The van der Waals surface area contributed by atoms with Crippen LogP contribution in [-0.2, 0) is 14.9 Å².